The number of rotatable bonds is 6. The molecule has 0 heterocycles. The van der Waals surface area contributed by atoms with E-state index >= 15 is 0 Å². The fraction of sp³-hybridized carbons (Fsp3) is 0.478. The average Bonchev–Trinajstić information content (AvgIpc) is 3.01. The molecule has 2 aromatic rings. The molecule has 2 fully saturated rings. The van der Waals surface area contributed by atoms with E-state index in [1.54, 1.807) is 0 Å². The molecule has 2 N–H and O–H groups in total. The number of sulfonamides is 1. The molecule has 5 heteroatoms. The van der Waals surface area contributed by atoms with Crippen LogP contribution < -0.4 is 4.72 Å². The first-order valence-corrected chi connectivity index (χ1v) is 11.6. The zero-order chi connectivity index (χ0) is 20.0. The Balaban J connectivity index is 1.66. The summed E-state index contributed by atoms with van der Waals surface area (Å²) in [5.74, 6) is 0.267. The van der Waals surface area contributed by atoms with Crippen LogP contribution in [0.5, 0.6) is 0 Å². The first-order chi connectivity index (χ1) is 13.2. The lowest BCUT2D eigenvalue weighted by molar-refractivity contribution is -0.0935. The Kier molecular flexibility index (Phi) is 4.68. The summed E-state index contributed by atoms with van der Waals surface area (Å²) in [6.07, 6.45) is 2.32. The van der Waals surface area contributed by atoms with Crippen molar-refractivity contribution in [2.75, 3.05) is 5.75 Å². The molecule has 2 aliphatic rings. The summed E-state index contributed by atoms with van der Waals surface area (Å²) in [6.45, 7) is 4.55. The zero-order valence-electron chi connectivity index (χ0n) is 16.6. The second kappa shape index (κ2) is 6.68. The summed E-state index contributed by atoms with van der Waals surface area (Å²) in [6, 6.07) is 19.2. The summed E-state index contributed by atoms with van der Waals surface area (Å²) in [4.78, 5) is 0. The molecule has 2 bridgehead atoms. The standard InChI is InChI=1S/C23H29NO3S/c1-21(2)20-13-14-22(21,23(25,15-20)19-11-7-4-8-12-19)17-28(26,27)24-16-18-9-5-3-6-10-18/h3-12,20,24-25H,13-17H2,1-2H3. The maximum absolute atomic E-state index is 13.1. The van der Waals surface area contributed by atoms with Crippen LogP contribution >= 0.6 is 0 Å². The van der Waals surface area contributed by atoms with Gasteiger partial charge in [-0.3, -0.25) is 0 Å². The van der Waals surface area contributed by atoms with Gasteiger partial charge in [0.2, 0.25) is 10.0 Å². The third-order valence-corrected chi connectivity index (χ3v) is 8.99. The Bertz CT molecular complexity index is 942. The molecule has 150 valence electrons. The van der Waals surface area contributed by atoms with Crippen molar-refractivity contribution >= 4 is 10.0 Å². The van der Waals surface area contributed by atoms with Gasteiger partial charge in [-0.15, -0.1) is 0 Å². The fourth-order valence-corrected chi connectivity index (χ4v) is 7.69. The van der Waals surface area contributed by atoms with E-state index in [1.807, 2.05) is 60.7 Å². The van der Waals surface area contributed by atoms with Crippen molar-refractivity contribution in [3.63, 3.8) is 0 Å². The normalized spacial score (nSPS) is 31.2. The van der Waals surface area contributed by atoms with Crippen molar-refractivity contribution in [3.05, 3.63) is 71.8 Å². The van der Waals surface area contributed by atoms with Gasteiger partial charge in [-0.2, -0.15) is 0 Å². The monoisotopic (exact) mass is 399 g/mol. The molecule has 28 heavy (non-hydrogen) atoms. The highest BCUT2D eigenvalue weighted by molar-refractivity contribution is 7.89. The maximum Gasteiger partial charge on any atom is 0.212 e. The molecule has 2 saturated carbocycles. The van der Waals surface area contributed by atoms with Gasteiger partial charge in [-0.05, 0) is 41.7 Å². The van der Waals surface area contributed by atoms with Crippen LogP contribution in [0.25, 0.3) is 0 Å². The lowest BCUT2D eigenvalue weighted by atomic mass is 9.62. The lowest BCUT2D eigenvalue weighted by Crippen LogP contribution is -2.53. The fourth-order valence-electron chi connectivity index (χ4n) is 5.79. The SMILES string of the molecule is CC1(C)C2CCC1(CS(=O)(=O)NCc1ccccc1)C(O)(c1ccccc1)C2. The molecule has 4 rings (SSSR count). The van der Waals surface area contributed by atoms with Crippen LogP contribution in [-0.4, -0.2) is 19.3 Å². The smallest absolute Gasteiger partial charge is 0.212 e. The molecule has 2 aromatic carbocycles. The van der Waals surface area contributed by atoms with E-state index in [4.69, 9.17) is 0 Å². The molecule has 3 unspecified atom stereocenters. The Morgan fingerprint density at radius 2 is 1.64 bits per heavy atom. The van der Waals surface area contributed by atoms with Crippen LogP contribution in [-0.2, 0) is 22.2 Å². The number of hydrogen-bond donors (Lipinski definition) is 2. The Hall–Kier alpha value is -1.69. The van der Waals surface area contributed by atoms with Crippen molar-refractivity contribution in [1.82, 2.24) is 4.72 Å². The molecule has 3 atom stereocenters. The second-order valence-corrected chi connectivity index (χ2v) is 10.8. The molecule has 0 aliphatic heterocycles. The molecular formula is C23H29NO3S. The minimum Gasteiger partial charge on any atom is -0.385 e. The summed E-state index contributed by atoms with van der Waals surface area (Å²) in [5, 5.41) is 11.9. The van der Waals surface area contributed by atoms with Crippen molar-refractivity contribution in [3.8, 4) is 0 Å². The van der Waals surface area contributed by atoms with Gasteiger partial charge in [0, 0.05) is 12.0 Å². The topological polar surface area (TPSA) is 66.4 Å². The second-order valence-electron chi connectivity index (χ2n) is 9.04. The summed E-state index contributed by atoms with van der Waals surface area (Å²) < 4.78 is 29.0. The van der Waals surface area contributed by atoms with Crippen LogP contribution in [0.4, 0.5) is 0 Å². The number of nitrogens with one attached hydrogen (secondary N) is 1. The van der Waals surface area contributed by atoms with Crippen LogP contribution in [0.3, 0.4) is 0 Å². The van der Waals surface area contributed by atoms with E-state index in [-0.39, 0.29) is 17.7 Å². The highest BCUT2D eigenvalue weighted by Crippen LogP contribution is 2.73. The Morgan fingerprint density at radius 1 is 1.04 bits per heavy atom. The van der Waals surface area contributed by atoms with E-state index in [9.17, 15) is 13.5 Å². The Labute approximate surface area is 168 Å². The van der Waals surface area contributed by atoms with Gasteiger partial charge in [-0.25, -0.2) is 13.1 Å². The number of benzene rings is 2. The largest absolute Gasteiger partial charge is 0.385 e. The molecule has 2 aliphatic carbocycles. The van der Waals surface area contributed by atoms with E-state index in [2.05, 4.69) is 18.6 Å². The predicted molar refractivity (Wildman–Crippen MR) is 111 cm³/mol. The first-order valence-electron chi connectivity index (χ1n) is 9.99. The summed E-state index contributed by atoms with van der Waals surface area (Å²) in [7, 11) is -3.57. The van der Waals surface area contributed by atoms with Crippen LogP contribution in [0.15, 0.2) is 60.7 Å². The average molecular weight is 400 g/mol. The zero-order valence-corrected chi connectivity index (χ0v) is 17.4. The quantitative estimate of drug-likeness (QED) is 0.776. The van der Waals surface area contributed by atoms with Crippen molar-refractivity contribution in [2.45, 2.75) is 45.3 Å². The van der Waals surface area contributed by atoms with Gasteiger partial charge in [0.1, 0.15) is 0 Å². The van der Waals surface area contributed by atoms with Crippen molar-refractivity contribution in [2.24, 2.45) is 16.7 Å². The third-order valence-electron chi connectivity index (χ3n) is 7.53. The number of aliphatic hydroxyl groups is 1. The lowest BCUT2D eigenvalue weighted by Gasteiger charge is -2.48. The highest BCUT2D eigenvalue weighted by Gasteiger charge is 2.72. The molecular weight excluding hydrogens is 370 g/mol. The predicted octanol–water partition coefficient (Wildman–Crippen LogP) is 3.82. The Morgan fingerprint density at radius 3 is 2.25 bits per heavy atom. The van der Waals surface area contributed by atoms with Crippen LogP contribution in [0, 0.1) is 16.7 Å². The summed E-state index contributed by atoms with van der Waals surface area (Å²) in [5.41, 5.74) is -0.309. The van der Waals surface area contributed by atoms with Gasteiger partial charge < -0.3 is 5.11 Å². The minimum absolute atomic E-state index is 0.0538. The first kappa shape index (κ1) is 19.6. The molecule has 4 nitrogen and oxygen atoms in total. The molecule has 0 spiro atoms. The van der Waals surface area contributed by atoms with E-state index in [1.165, 1.54) is 0 Å². The maximum atomic E-state index is 13.1. The van der Waals surface area contributed by atoms with Gasteiger partial charge in [-0.1, -0.05) is 74.5 Å². The van der Waals surface area contributed by atoms with Gasteiger partial charge in [0.25, 0.3) is 0 Å². The van der Waals surface area contributed by atoms with Crippen molar-refractivity contribution in [1.29, 1.82) is 0 Å². The third kappa shape index (κ3) is 2.92. The van der Waals surface area contributed by atoms with Gasteiger partial charge >= 0.3 is 0 Å². The molecule has 0 radical (unpaired) electrons. The van der Waals surface area contributed by atoms with E-state index in [0.717, 1.165) is 24.0 Å². The summed E-state index contributed by atoms with van der Waals surface area (Å²) >= 11 is 0. The highest BCUT2D eigenvalue weighted by atomic mass is 32.2. The van der Waals surface area contributed by atoms with Gasteiger partial charge in [0.15, 0.2) is 0 Å². The van der Waals surface area contributed by atoms with Crippen molar-refractivity contribution < 1.29 is 13.5 Å². The molecule has 0 aromatic heterocycles. The van der Waals surface area contributed by atoms with Gasteiger partial charge in [0.05, 0.1) is 11.4 Å². The van der Waals surface area contributed by atoms with Crippen LogP contribution in [0.1, 0.15) is 44.2 Å². The number of hydrogen-bond acceptors (Lipinski definition) is 3. The van der Waals surface area contributed by atoms with Crippen LogP contribution in [0.2, 0.25) is 0 Å². The van der Waals surface area contributed by atoms with E-state index in [0.29, 0.717) is 12.3 Å². The number of fused-ring (bicyclic) bond motifs is 2. The minimum atomic E-state index is -3.57. The molecule has 0 saturated heterocycles. The van der Waals surface area contributed by atoms with E-state index < -0.39 is 21.0 Å². The molecule has 0 amide bonds.